The van der Waals surface area contributed by atoms with Crippen LogP contribution >= 0.6 is 11.3 Å². The van der Waals surface area contributed by atoms with Crippen molar-refractivity contribution in [3.63, 3.8) is 0 Å². The number of carbonyl (C=O) groups is 2. The lowest BCUT2D eigenvalue weighted by atomic mass is 9.88. The molecule has 3 aromatic rings. The summed E-state index contributed by atoms with van der Waals surface area (Å²) in [5, 5.41) is 6.96. The zero-order valence-corrected chi connectivity index (χ0v) is 18.1. The monoisotopic (exact) mass is 449 g/mol. The Morgan fingerprint density at radius 2 is 2.16 bits per heavy atom. The first kappa shape index (κ1) is 21.3. The Balaban J connectivity index is 1.70. The Morgan fingerprint density at radius 1 is 1.39 bits per heavy atom. The van der Waals surface area contributed by atoms with E-state index in [1.54, 1.807) is 13.8 Å². The molecule has 1 aliphatic carbocycles. The topological polar surface area (TPSA) is 98.5 Å². The highest BCUT2D eigenvalue weighted by atomic mass is 32.1. The van der Waals surface area contributed by atoms with E-state index in [0.29, 0.717) is 22.2 Å². The molecule has 0 saturated heterocycles. The highest BCUT2D eigenvalue weighted by Gasteiger charge is 2.30. The molecule has 0 radical (unpaired) electrons. The van der Waals surface area contributed by atoms with Crippen molar-refractivity contribution in [2.75, 3.05) is 11.9 Å². The van der Waals surface area contributed by atoms with Crippen molar-refractivity contribution in [3.8, 4) is 0 Å². The summed E-state index contributed by atoms with van der Waals surface area (Å²) in [6.45, 7) is 5.63. The van der Waals surface area contributed by atoms with E-state index in [4.69, 9.17) is 4.74 Å². The van der Waals surface area contributed by atoms with Crippen molar-refractivity contribution >= 4 is 34.0 Å². The van der Waals surface area contributed by atoms with Crippen molar-refractivity contribution < 1.29 is 23.1 Å². The van der Waals surface area contributed by atoms with Gasteiger partial charge in [0.1, 0.15) is 10.7 Å². The molecule has 164 valence electrons. The van der Waals surface area contributed by atoms with Gasteiger partial charge in [0, 0.05) is 10.6 Å². The molecule has 3 heterocycles. The van der Waals surface area contributed by atoms with Gasteiger partial charge in [0.05, 0.1) is 12.2 Å². The summed E-state index contributed by atoms with van der Waals surface area (Å²) in [5.74, 6) is -1.13. The van der Waals surface area contributed by atoms with Crippen LogP contribution in [0.15, 0.2) is 6.07 Å². The number of amides is 1. The number of rotatable bonds is 5. The first-order valence-corrected chi connectivity index (χ1v) is 10.8. The summed E-state index contributed by atoms with van der Waals surface area (Å²) in [5.41, 5.74) is 1.19. The maximum atomic E-state index is 13.3. The molecule has 11 heteroatoms. The number of nitrogens with one attached hydrogen (secondary N) is 1. The number of carbonyl (C=O) groups excluding carboxylic acids is 2. The standard InChI is InChI=1S/C20H21F2N5O3S/c1-4-30-19(29)14-11-6-5-9(2)7-13(11)31-18(14)25-17(28)16-24-20-23-10(3)8-12(15(21)22)27(20)26-16/h8-9,15H,4-7H2,1-3H3,(H,25,28)/t9-/m1/s1. The molecule has 1 amide bonds. The molecular weight excluding hydrogens is 428 g/mol. The predicted octanol–water partition coefficient (Wildman–Crippen LogP) is 3.99. The number of esters is 1. The Kier molecular flexibility index (Phi) is 5.69. The fourth-order valence-electron chi connectivity index (χ4n) is 3.68. The van der Waals surface area contributed by atoms with E-state index < -0.39 is 24.0 Å². The molecule has 1 aliphatic rings. The van der Waals surface area contributed by atoms with E-state index in [0.717, 1.165) is 34.2 Å². The van der Waals surface area contributed by atoms with Crippen LogP contribution < -0.4 is 5.32 Å². The fourth-order valence-corrected chi connectivity index (χ4v) is 5.08. The van der Waals surface area contributed by atoms with Crippen LogP contribution in [0.5, 0.6) is 0 Å². The molecule has 0 bridgehead atoms. The van der Waals surface area contributed by atoms with Crippen LogP contribution in [0.3, 0.4) is 0 Å². The van der Waals surface area contributed by atoms with Crippen LogP contribution in [0.4, 0.5) is 13.8 Å². The lowest BCUT2D eigenvalue weighted by molar-refractivity contribution is 0.0526. The van der Waals surface area contributed by atoms with Crippen molar-refractivity contribution in [2.24, 2.45) is 5.92 Å². The lowest BCUT2D eigenvalue weighted by Crippen LogP contribution is -2.17. The molecule has 0 aromatic carbocycles. The number of alkyl halides is 2. The van der Waals surface area contributed by atoms with Crippen molar-refractivity contribution in [2.45, 2.75) is 46.5 Å². The number of hydrogen-bond donors (Lipinski definition) is 1. The molecule has 8 nitrogen and oxygen atoms in total. The number of thiophene rings is 1. The fraction of sp³-hybridized carbons (Fsp3) is 0.450. The molecule has 0 fully saturated rings. The average Bonchev–Trinajstić information content (AvgIpc) is 3.27. The van der Waals surface area contributed by atoms with Crippen LogP contribution in [-0.4, -0.2) is 38.1 Å². The van der Waals surface area contributed by atoms with Crippen LogP contribution in [0.25, 0.3) is 5.78 Å². The average molecular weight is 449 g/mol. The van der Waals surface area contributed by atoms with Gasteiger partial charge < -0.3 is 10.1 Å². The van der Waals surface area contributed by atoms with E-state index >= 15 is 0 Å². The Labute approximate surface area is 180 Å². The highest BCUT2D eigenvalue weighted by molar-refractivity contribution is 7.17. The van der Waals surface area contributed by atoms with E-state index in [9.17, 15) is 18.4 Å². The zero-order valence-electron chi connectivity index (χ0n) is 17.2. The predicted molar refractivity (Wildman–Crippen MR) is 110 cm³/mol. The zero-order chi connectivity index (χ0) is 22.3. The third kappa shape index (κ3) is 4.01. The van der Waals surface area contributed by atoms with Crippen LogP contribution in [0.2, 0.25) is 0 Å². The van der Waals surface area contributed by atoms with Crippen LogP contribution in [0, 0.1) is 12.8 Å². The smallest absolute Gasteiger partial charge is 0.341 e. The molecule has 1 atom stereocenters. The molecule has 0 spiro atoms. The van der Waals surface area contributed by atoms with Crippen molar-refractivity contribution in [3.05, 3.63) is 39.3 Å². The number of anilines is 1. The van der Waals surface area contributed by atoms with E-state index in [1.165, 1.54) is 17.4 Å². The van der Waals surface area contributed by atoms with E-state index in [2.05, 4.69) is 27.3 Å². The van der Waals surface area contributed by atoms with Gasteiger partial charge in [-0.25, -0.2) is 18.6 Å². The van der Waals surface area contributed by atoms with Gasteiger partial charge >= 0.3 is 5.97 Å². The minimum atomic E-state index is -2.80. The quantitative estimate of drug-likeness (QED) is 0.592. The molecule has 4 rings (SSSR count). The lowest BCUT2D eigenvalue weighted by Gasteiger charge is -2.18. The number of aromatic nitrogens is 4. The van der Waals surface area contributed by atoms with E-state index in [-0.39, 0.29) is 18.2 Å². The Morgan fingerprint density at radius 3 is 2.87 bits per heavy atom. The van der Waals surface area contributed by atoms with Gasteiger partial charge in [0.15, 0.2) is 0 Å². The molecular formula is C20H21F2N5O3S. The summed E-state index contributed by atoms with van der Waals surface area (Å²) in [6.07, 6.45) is -0.317. The number of aryl methyl sites for hydroxylation is 1. The summed E-state index contributed by atoms with van der Waals surface area (Å²) >= 11 is 1.33. The van der Waals surface area contributed by atoms with Gasteiger partial charge in [-0.05, 0) is 50.7 Å². The number of ether oxygens (including phenoxy) is 1. The maximum absolute atomic E-state index is 13.3. The van der Waals surface area contributed by atoms with Crippen LogP contribution in [0.1, 0.15) is 69.5 Å². The second-order valence-electron chi connectivity index (χ2n) is 7.50. The summed E-state index contributed by atoms with van der Waals surface area (Å²) in [6, 6.07) is 1.20. The maximum Gasteiger partial charge on any atom is 0.341 e. The van der Waals surface area contributed by atoms with Gasteiger partial charge in [-0.3, -0.25) is 4.79 Å². The largest absolute Gasteiger partial charge is 0.462 e. The van der Waals surface area contributed by atoms with Crippen molar-refractivity contribution in [1.82, 2.24) is 19.6 Å². The summed E-state index contributed by atoms with van der Waals surface area (Å²) < 4.78 is 32.7. The summed E-state index contributed by atoms with van der Waals surface area (Å²) in [4.78, 5) is 34.6. The number of halogens is 2. The number of nitrogens with zero attached hydrogens (tertiary/aromatic N) is 4. The van der Waals surface area contributed by atoms with Crippen LogP contribution in [-0.2, 0) is 17.6 Å². The number of hydrogen-bond acceptors (Lipinski definition) is 7. The molecule has 1 N–H and O–H groups in total. The normalized spacial score (nSPS) is 15.9. The summed E-state index contributed by atoms with van der Waals surface area (Å²) in [7, 11) is 0. The van der Waals surface area contributed by atoms with Gasteiger partial charge in [0.2, 0.25) is 5.82 Å². The second kappa shape index (κ2) is 8.29. The second-order valence-corrected chi connectivity index (χ2v) is 8.61. The molecule has 0 saturated carbocycles. The Hall–Kier alpha value is -2.95. The molecule has 0 aliphatic heterocycles. The molecule has 3 aromatic heterocycles. The van der Waals surface area contributed by atoms with Gasteiger partial charge in [-0.2, -0.15) is 9.50 Å². The van der Waals surface area contributed by atoms with Crippen molar-refractivity contribution in [1.29, 1.82) is 0 Å². The molecule has 31 heavy (non-hydrogen) atoms. The first-order valence-electron chi connectivity index (χ1n) is 9.94. The third-order valence-corrected chi connectivity index (χ3v) is 6.28. The minimum absolute atomic E-state index is 0.0923. The van der Waals surface area contributed by atoms with Gasteiger partial charge in [-0.1, -0.05) is 6.92 Å². The minimum Gasteiger partial charge on any atom is -0.462 e. The first-order chi connectivity index (χ1) is 14.8. The third-order valence-electron chi connectivity index (χ3n) is 5.11. The SMILES string of the molecule is CCOC(=O)c1c(NC(=O)c2nc3nc(C)cc(C(F)F)n3n2)sc2c1CC[C@@H](C)C2. The van der Waals surface area contributed by atoms with Gasteiger partial charge in [-0.15, -0.1) is 16.4 Å². The Bertz CT molecular complexity index is 1170. The molecule has 0 unspecified atom stereocenters. The van der Waals surface area contributed by atoms with Gasteiger partial charge in [0.25, 0.3) is 18.1 Å². The van der Waals surface area contributed by atoms with E-state index in [1.807, 2.05) is 0 Å². The number of fused-ring (bicyclic) bond motifs is 2. The highest BCUT2D eigenvalue weighted by Crippen LogP contribution is 2.40.